The summed E-state index contributed by atoms with van der Waals surface area (Å²) >= 11 is 0. The second kappa shape index (κ2) is 4.13. The maximum absolute atomic E-state index is 12.3. The van der Waals surface area contributed by atoms with E-state index < -0.39 is 21.9 Å². The molecule has 1 heterocycles. The van der Waals surface area contributed by atoms with Crippen LogP contribution in [0, 0.1) is 0 Å². The third kappa shape index (κ3) is 2.23. The zero-order chi connectivity index (χ0) is 13.4. The van der Waals surface area contributed by atoms with Crippen molar-refractivity contribution in [1.29, 1.82) is 0 Å². The Kier molecular flexibility index (Phi) is 2.89. The molecule has 0 amide bonds. The Bertz CT molecular complexity index is 647. The van der Waals surface area contributed by atoms with E-state index in [1.165, 1.54) is 24.3 Å². The van der Waals surface area contributed by atoms with E-state index in [0.717, 1.165) is 6.20 Å². The molecule has 0 aliphatic rings. The van der Waals surface area contributed by atoms with Gasteiger partial charge in [0.15, 0.2) is 5.69 Å². The van der Waals surface area contributed by atoms with Crippen molar-refractivity contribution in [3.63, 3.8) is 0 Å². The lowest BCUT2D eigenvalue weighted by atomic mass is 10.4. The van der Waals surface area contributed by atoms with Gasteiger partial charge in [-0.15, -0.1) is 0 Å². The van der Waals surface area contributed by atoms with Crippen molar-refractivity contribution in [1.82, 2.24) is 9.19 Å². The summed E-state index contributed by atoms with van der Waals surface area (Å²) in [5, 5.41) is 3.03. The van der Waals surface area contributed by atoms with Crippen LogP contribution in [0.5, 0.6) is 0 Å². The van der Waals surface area contributed by atoms with Crippen molar-refractivity contribution in [2.24, 2.45) is 0 Å². The summed E-state index contributed by atoms with van der Waals surface area (Å²) in [5.41, 5.74) is -1.25. The topological polar surface area (TPSA) is 52.0 Å². The molecule has 8 heteroatoms. The van der Waals surface area contributed by atoms with E-state index in [1.54, 1.807) is 6.07 Å². The van der Waals surface area contributed by atoms with Crippen LogP contribution in [0.3, 0.4) is 0 Å². The number of nitrogens with zero attached hydrogens (tertiary/aromatic N) is 2. The summed E-state index contributed by atoms with van der Waals surface area (Å²) in [7, 11) is -4.07. The summed E-state index contributed by atoms with van der Waals surface area (Å²) in [6.07, 6.45) is -3.90. The van der Waals surface area contributed by atoms with Crippen molar-refractivity contribution >= 4 is 10.0 Å². The second-order valence-electron chi connectivity index (χ2n) is 3.39. The minimum Gasteiger partial charge on any atom is -0.199 e. The quantitative estimate of drug-likeness (QED) is 0.844. The van der Waals surface area contributed by atoms with Gasteiger partial charge in [-0.2, -0.15) is 30.8 Å². The zero-order valence-corrected chi connectivity index (χ0v) is 9.61. The van der Waals surface area contributed by atoms with Gasteiger partial charge in [-0.3, -0.25) is 0 Å². The van der Waals surface area contributed by atoms with Crippen LogP contribution in [0.2, 0.25) is 0 Å². The standard InChI is InChI=1S/C10H7F3N2O2S/c11-10(12,13)9-6-7-15(14-9)18(16,17)8-4-2-1-3-5-8/h1-7H. The first-order chi connectivity index (χ1) is 8.32. The highest BCUT2D eigenvalue weighted by Crippen LogP contribution is 2.28. The minimum atomic E-state index is -4.67. The van der Waals surface area contributed by atoms with Gasteiger partial charge in [0.2, 0.25) is 0 Å². The summed E-state index contributed by atoms with van der Waals surface area (Å²) in [6.45, 7) is 0. The van der Waals surface area contributed by atoms with E-state index >= 15 is 0 Å². The highest BCUT2D eigenvalue weighted by molar-refractivity contribution is 7.89. The number of aromatic nitrogens is 2. The van der Waals surface area contributed by atoms with Crippen molar-refractivity contribution < 1.29 is 21.6 Å². The van der Waals surface area contributed by atoms with Gasteiger partial charge >= 0.3 is 6.18 Å². The highest BCUT2D eigenvalue weighted by Gasteiger charge is 2.34. The van der Waals surface area contributed by atoms with E-state index in [2.05, 4.69) is 5.10 Å². The van der Waals surface area contributed by atoms with Crippen LogP contribution in [0.15, 0.2) is 47.5 Å². The van der Waals surface area contributed by atoms with Gasteiger partial charge in [0.25, 0.3) is 10.0 Å². The molecule has 18 heavy (non-hydrogen) atoms. The normalized spacial score (nSPS) is 12.6. The van der Waals surface area contributed by atoms with Crippen molar-refractivity contribution in [2.45, 2.75) is 11.1 Å². The van der Waals surface area contributed by atoms with Gasteiger partial charge in [0.05, 0.1) is 4.90 Å². The van der Waals surface area contributed by atoms with E-state index in [-0.39, 0.29) is 4.90 Å². The first-order valence-electron chi connectivity index (χ1n) is 4.75. The number of alkyl halides is 3. The Morgan fingerprint density at radius 3 is 2.17 bits per heavy atom. The fraction of sp³-hybridized carbons (Fsp3) is 0.100. The molecule has 0 aliphatic carbocycles. The molecule has 0 N–H and O–H groups in total. The largest absolute Gasteiger partial charge is 0.435 e. The Morgan fingerprint density at radius 1 is 1.06 bits per heavy atom. The molecule has 0 bridgehead atoms. The van der Waals surface area contributed by atoms with Crippen LogP contribution < -0.4 is 0 Å². The molecular formula is C10H7F3N2O2S. The second-order valence-corrected chi connectivity index (χ2v) is 5.19. The van der Waals surface area contributed by atoms with E-state index in [1.807, 2.05) is 0 Å². The monoisotopic (exact) mass is 276 g/mol. The fourth-order valence-corrected chi connectivity index (χ4v) is 2.43. The first-order valence-corrected chi connectivity index (χ1v) is 6.19. The van der Waals surface area contributed by atoms with Gasteiger partial charge in [0, 0.05) is 6.20 Å². The fourth-order valence-electron chi connectivity index (χ4n) is 1.29. The average molecular weight is 276 g/mol. The van der Waals surface area contributed by atoms with Gasteiger partial charge in [0.1, 0.15) is 0 Å². The number of rotatable bonds is 2. The van der Waals surface area contributed by atoms with Crippen LogP contribution >= 0.6 is 0 Å². The molecule has 0 saturated heterocycles. The van der Waals surface area contributed by atoms with Gasteiger partial charge < -0.3 is 0 Å². The Labute approximate surface area is 101 Å². The summed E-state index contributed by atoms with van der Waals surface area (Å²) in [6, 6.07) is 7.72. The molecule has 1 aromatic carbocycles. The van der Waals surface area contributed by atoms with Crippen LogP contribution in [-0.4, -0.2) is 17.6 Å². The van der Waals surface area contributed by atoms with Gasteiger partial charge in [-0.1, -0.05) is 18.2 Å². The molecule has 2 aromatic rings. The van der Waals surface area contributed by atoms with Gasteiger partial charge in [-0.25, -0.2) is 0 Å². The minimum absolute atomic E-state index is 0.123. The smallest absolute Gasteiger partial charge is 0.199 e. The molecule has 0 atom stereocenters. The molecule has 1 aromatic heterocycles. The average Bonchev–Trinajstić information content (AvgIpc) is 2.79. The van der Waals surface area contributed by atoms with E-state index in [9.17, 15) is 21.6 Å². The lowest BCUT2D eigenvalue weighted by Gasteiger charge is -2.04. The molecule has 2 rings (SSSR count). The number of benzene rings is 1. The predicted octanol–water partition coefficient (Wildman–Crippen LogP) is 2.14. The zero-order valence-electron chi connectivity index (χ0n) is 8.79. The number of halogens is 3. The molecular weight excluding hydrogens is 269 g/mol. The molecule has 0 radical (unpaired) electrons. The van der Waals surface area contributed by atoms with Crippen LogP contribution in [-0.2, 0) is 16.2 Å². The Morgan fingerprint density at radius 2 is 1.67 bits per heavy atom. The molecule has 0 unspecified atom stereocenters. The predicted molar refractivity (Wildman–Crippen MR) is 56.3 cm³/mol. The number of hydrogen-bond donors (Lipinski definition) is 0. The van der Waals surface area contributed by atoms with Crippen molar-refractivity contribution in [3.8, 4) is 0 Å². The summed E-state index contributed by atoms with van der Waals surface area (Å²) < 4.78 is 61.1. The summed E-state index contributed by atoms with van der Waals surface area (Å²) in [4.78, 5) is -0.123. The molecule has 0 saturated carbocycles. The molecule has 4 nitrogen and oxygen atoms in total. The van der Waals surface area contributed by atoms with Crippen molar-refractivity contribution in [3.05, 3.63) is 48.3 Å². The third-order valence-electron chi connectivity index (χ3n) is 2.14. The number of hydrogen-bond acceptors (Lipinski definition) is 3. The molecule has 96 valence electrons. The lowest BCUT2D eigenvalue weighted by molar-refractivity contribution is -0.141. The Hall–Kier alpha value is -1.83. The first kappa shape index (κ1) is 12.6. The Balaban J connectivity index is 2.47. The third-order valence-corrected chi connectivity index (χ3v) is 3.71. The maximum atomic E-state index is 12.3. The lowest BCUT2D eigenvalue weighted by Crippen LogP contribution is -2.15. The van der Waals surface area contributed by atoms with E-state index in [4.69, 9.17) is 0 Å². The SMILES string of the molecule is O=S(=O)(c1ccccc1)n1ccc(C(F)(F)F)n1. The van der Waals surface area contributed by atoms with Crippen LogP contribution in [0.1, 0.15) is 5.69 Å². The van der Waals surface area contributed by atoms with E-state index in [0.29, 0.717) is 10.2 Å². The highest BCUT2D eigenvalue weighted by atomic mass is 32.2. The van der Waals surface area contributed by atoms with Gasteiger partial charge in [-0.05, 0) is 18.2 Å². The van der Waals surface area contributed by atoms with Crippen LogP contribution in [0.4, 0.5) is 13.2 Å². The molecule has 0 fully saturated rings. The van der Waals surface area contributed by atoms with Crippen LogP contribution in [0.25, 0.3) is 0 Å². The van der Waals surface area contributed by atoms with Crippen molar-refractivity contribution in [2.75, 3.05) is 0 Å². The molecule has 0 aliphatic heterocycles. The molecule has 0 spiro atoms. The summed E-state index contributed by atoms with van der Waals surface area (Å²) in [5.74, 6) is 0. The maximum Gasteiger partial charge on any atom is 0.435 e.